The molecule has 0 saturated carbocycles. The third kappa shape index (κ3) is 7.83. The molecule has 1 saturated heterocycles. The van der Waals surface area contributed by atoms with Crippen molar-refractivity contribution in [3.05, 3.63) is 75.2 Å². The summed E-state index contributed by atoms with van der Waals surface area (Å²) in [6, 6.07) is 15.0. The van der Waals surface area contributed by atoms with E-state index in [4.69, 9.17) is 14.5 Å². The van der Waals surface area contributed by atoms with E-state index in [1.54, 1.807) is 11.3 Å². The number of hydrogen-bond donors (Lipinski definition) is 1. The predicted molar refractivity (Wildman–Crippen MR) is 160 cm³/mol. The van der Waals surface area contributed by atoms with E-state index in [0.29, 0.717) is 18.8 Å². The first kappa shape index (κ1) is 28.6. The van der Waals surface area contributed by atoms with Crippen molar-refractivity contribution in [1.29, 1.82) is 0 Å². The Bertz CT molecular complexity index is 1260. The molecule has 2 aliphatic heterocycles. The number of benzene rings is 2. The highest BCUT2D eigenvalue weighted by atomic mass is 32.1. The van der Waals surface area contributed by atoms with Crippen LogP contribution in [0.3, 0.4) is 0 Å². The Kier molecular flexibility index (Phi) is 9.40. The Balaban J connectivity index is 1.21. The molecule has 8 heteroatoms. The Morgan fingerprint density at radius 2 is 1.70 bits per heavy atom. The van der Waals surface area contributed by atoms with E-state index < -0.39 is 0 Å². The van der Waals surface area contributed by atoms with Crippen molar-refractivity contribution < 1.29 is 14.3 Å². The van der Waals surface area contributed by atoms with E-state index in [2.05, 4.69) is 72.3 Å². The molecule has 5 rings (SSSR count). The first-order chi connectivity index (χ1) is 19.3. The van der Waals surface area contributed by atoms with Gasteiger partial charge in [-0.1, -0.05) is 57.5 Å². The van der Waals surface area contributed by atoms with Gasteiger partial charge in [-0.25, -0.2) is 4.98 Å². The molecule has 1 amide bonds. The molecule has 1 N–H and O–H groups in total. The summed E-state index contributed by atoms with van der Waals surface area (Å²) in [7, 11) is 0. The molecule has 0 atom stereocenters. The SMILES string of the molecule is CC(C)(C)c1ccc(CN(Cc2ccc3c(c2)OCO3)Cc2nc(C(=O)NCCCN3CCCCC3)cs2)cc1. The number of piperidine rings is 1. The van der Waals surface area contributed by atoms with Crippen LogP contribution in [0.25, 0.3) is 0 Å². The maximum Gasteiger partial charge on any atom is 0.270 e. The van der Waals surface area contributed by atoms with Gasteiger partial charge in [0.25, 0.3) is 5.91 Å². The van der Waals surface area contributed by atoms with Crippen LogP contribution in [0.5, 0.6) is 11.5 Å². The summed E-state index contributed by atoms with van der Waals surface area (Å²) >= 11 is 1.55. The summed E-state index contributed by atoms with van der Waals surface area (Å²) in [5, 5.41) is 5.88. The van der Waals surface area contributed by atoms with Crippen LogP contribution in [0.15, 0.2) is 47.8 Å². The standard InChI is InChI=1S/C32H42N4O3S/c1-32(2,3)26-11-8-24(9-12-26)19-36(20-25-10-13-28-29(18-25)39-23-38-28)21-30-34-27(22-40-30)31(37)33-14-7-17-35-15-5-4-6-16-35/h8-13,18,22H,4-7,14-17,19-21,23H2,1-3H3,(H,33,37). The normalized spacial score (nSPS) is 15.5. The minimum Gasteiger partial charge on any atom is -0.454 e. The molecule has 3 heterocycles. The zero-order valence-corrected chi connectivity index (χ0v) is 24.9. The van der Waals surface area contributed by atoms with Crippen molar-refractivity contribution in [2.45, 2.75) is 71.5 Å². The average molecular weight is 563 g/mol. The molecule has 0 radical (unpaired) electrons. The van der Waals surface area contributed by atoms with Gasteiger partial charge in [-0.2, -0.15) is 0 Å². The van der Waals surface area contributed by atoms with Crippen LogP contribution in [0.4, 0.5) is 0 Å². The zero-order valence-electron chi connectivity index (χ0n) is 24.1. The van der Waals surface area contributed by atoms with Crippen molar-refractivity contribution in [3.8, 4) is 11.5 Å². The molecule has 1 fully saturated rings. The molecule has 7 nitrogen and oxygen atoms in total. The highest BCUT2D eigenvalue weighted by Crippen LogP contribution is 2.33. The van der Waals surface area contributed by atoms with E-state index in [1.807, 2.05) is 11.4 Å². The lowest BCUT2D eigenvalue weighted by Crippen LogP contribution is -2.33. The molecular weight excluding hydrogens is 520 g/mol. The van der Waals surface area contributed by atoms with Gasteiger partial charge >= 0.3 is 0 Å². The van der Waals surface area contributed by atoms with E-state index in [0.717, 1.165) is 48.1 Å². The molecule has 0 unspecified atom stereocenters. The number of carbonyl (C=O) groups is 1. The molecule has 0 spiro atoms. The van der Waals surface area contributed by atoms with Crippen LogP contribution in [0, 0.1) is 0 Å². The second kappa shape index (κ2) is 13.1. The summed E-state index contributed by atoms with van der Waals surface area (Å²) in [6.07, 6.45) is 4.90. The third-order valence-electron chi connectivity index (χ3n) is 7.60. The largest absolute Gasteiger partial charge is 0.454 e. The Morgan fingerprint density at radius 3 is 2.48 bits per heavy atom. The highest BCUT2D eigenvalue weighted by Gasteiger charge is 2.19. The predicted octanol–water partition coefficient (Wildman–Crippen LogP) is 5.98. The summed E-state index contributed by atoms with van der Waals surface area (Å²) < 4.78 is 11.1. The van der Waals surface area contributed by atoms with Gasteiger partial charge in [-0.05, 0) is 73.1 Å². The molecule has 214 valence electrons. The van der Waals surface area contributed by atoms with Crippen molar-refractivity contribution in [1.82, 2.24) is 20.1 Å². The van der Waals surface area contributed by atoms with Crippen LogP contribution in [0.1, 0.15) is 78.6 Å². The maximum atomic E-state index is 12.8. The lowest BCUT2D eigenvalue weighted by atomic mass is 9.87. The van der Waals surface area contributed by atoms with Crippen LogP contribution < -0.4 is 14.8 Å². The van der Waals surface area contributed by atoms with Gasteiger partial charge in [0.05, 0.1) is 6.54 Å². The van der Waals surface area contributed by atoms with Crippen molar-refractivity contribution >= 4 is 17.2 Å². The molecule has 40 heavy (non-hydrogen) atoms. The number of nitrogens with one attached hydrogen (secondary N) is 1. The monoisotopic (exact) mass is 562 g/mol. The van der Waals surface area contributed by atoms with Crippen molar-refractivity contribution in [3.63, 3.8) is 0 Å². The van der Waals surface area contributed by atoms with Gasteiger partial charge in [0.15, 0.2) is 11.5 Å². The number of amides is 1. The minimum absolute atomic E-state index is 0.0822. The van der Waals surface area contributed by atoms with E-state index in [1.165, 1.54) is 43.5 Å². The minimum atomic E-state index is -0.0822. The fourth-order valence-corrected chi connectivity index (χ4v) is 6.11. The summed E-state index contributed by atoms with van der Waals surface area (Å²) in [6.45, 7) is 13.2. The van der Waals surface area contributed by atoms with Crippen LogP contribution in [-0.4, -0.2) is 53.7 Å². The first-order valence-corrected chi connectivity index (χ1v) is 15.4. The first-order valence-electron chi connectivity index (χ1n) is 14.5. The lowest BCUT2D eigenvalue weighted by molar-refractivity contribution is 0.0946. The molecule has 0 aliphatic carbocycles. The van der Waals surface area contributed by atoms with Gasteiger partial charge < -0.3 is 19.7 Å². The topological polar surface area (TPSA) is 66.9 Å². The second-order valence-electron chi connectivity index (χ2n) is 11.9. The summed E-state index contributed by atoms with van der Waals surface area (Å²) in [4.78, 5) is 22.4. The third-order valence-corrected chi connectivity index (χ3v) is 8.43. The fraction of sp³-hybridized carbons (Fsp3) is 0.500. The molecule has 3 aromatic rings. The lowest BCUT2D eigenvalue weighted by Gasteiger charge is -2.26. The number of aromatic nitrogens is 1. The van der Waals surface area contributed by atoms with Crippen LogP contribution >= 0.6 is 11.3 Å². The second-order valence-corrected chi connectivity index (χ2v) is 12.9. The van der Waals surface area contributed by atoms with E-state index >= 15 is 0 Å². The fourth-order valence-electron chi connectivity index (χ4n) is 5.29. The smallest absolute Gasteiger partial charge is 0.270 e. The van der Waals surface area contributed by atoms with Gasteiger partial charge in [-0.3, -0.25) is 9.69 Å². The van der Waals surface area contributed by atoms with Crippen molar-refractivity contribution in [2.75, 3.05) is 33.0 Å². The number of carbonyl (C=O) groups excluding carboxylic acids is 1. The van der Waals surface area contributed by atoms with E-state index in [-0.39, 0.29) is 18.1 Å². The highest BCUT2D eigenvalue weighted by molar-refractivity contribution is 7.09. The number of nitrogens with zero attached hydrogens (tertiary/aromatic N) is 3. The van der Waals surface area contributed by atoms with Gasteiger partial charge in [0.2, 0.25) is 6.79 Å². The van der Waals surface area contributed by atoms with Gasteiger partial charge in [0, 0.05) is 25.0 Å². The number of fused-ring (bicyclic) bond motifs is 1. The zero-order chi connectivity index (χ0) is 28.0. The quantitative estimate of drug-likeness (QED) is 0.290. The van der Waals surface area contributed by atoms with E-state index in [9.17, 15) is 4.79 Å². The van der Waals surface area contributed by atoms with Gasteiger partial charge in [0.1, 0.15) is 10.7 Å². The number of ether oxygens (including phenoxy) is 2. The van der Waals surface area contributed by atoms with Crippen molar-refractivity contribution in [2.24, 2.45) is 0 Å². The van der Waals surface area contributed by atoms with Crippen LogP contribution in [0.2, 0.25) is 0 Å². The number of hydrogen-bond acceptors (Lipinski definition) is 7. The summed E-state index contributed by atoms with van der Waals surface area (Å²) in [5.41, 5.74) is 4.35. The molecule has 1 aromatic heterocycles. The maximum absolute atomic E-state index is 12.8. The summed E-state index contributed by atoms with van der Waals surface area (Å²) in [5.74, 6) is 1.50. The Hall–Kier alpha value is -2.94. The number of thiazole rings is 1. The molecule has 0 bridgehead atoms. The Labute approximate surface area is 242 Å². The van der Waals surface area contributed by atoms with Crippen LogP contribution in [-0.2, 0) is 25.0 Å². The average Bonchev–Trinajstić information content (AvgIpc) is 3.61. The molecular formula is C32H42N4O3S. The Morgan fingerprint density at radius 1 is 0.975 bits per heavy atom. The molecule has 2 aromatic carbocycles. The van der Waals surface area contributed by atoms with Gasteiger partial charge in [-0.15, -0.1) is 11.3 Å². The number of likely N-dealkylation sites (tertiary alicyclic amines) is 1. The number of rotatable bonds is 11. The molecule has 2 aliphatic rings.